The Morgan fingerprint density at radius 3 is 2.78 bits per heavy atom. The molecule has 0 atom stereocenters. The summed E-state index contributed by atoms with van der Waals surface area (Å²) in [6.45, 7) is 0. The van der Waals surface area contributed by atoms with Gasteiger partial charge in [-0.15, -0.1) is 11.3 Å². The molecule has 0 saturated heterocycles. The number of carbonyl (C=O) groups excluding carboxylic acids is 1. The van der Waals surface area contributed by atoms with Crippen LogP contribution in [0.4, 0.5) is 5.69 Å². The number of hydrogen-bond acceptors (Lipinski definition) is 3. The van der Waals surface area contributed by atoms with E-state index in [1.807, 2.05) is 42.5 Å². The normalized spacial score (nSPS) is 10.4. The third-order valence-corrected chi connectivity index (χ3v) is 3.42. The van der Waals surface area contributed by atoms with Gasteiger partial charge in [-0.1, -0.05) is 18.2 Å². The van der Waals surface area contributed by atoms with E-state index in [1.54, 1.807) is 11.6 Å². The number of anilines is 1. The van der Waals surface area contributed by atoms with Crippen molar-refractivity contribution in [3.05, 3.63) is 59.6 Å². The Morgan fingerprint density at radius 2 is 1.94 bits per heavy atom. The summed E-state index contributed by atoms with van der Waals surface area (Å²) in [4.78, 5) is 16.2. The maximum atomic E-state index is 12.1. The van der Waals surface area contributed by atoms with Crippen LogP contribution in [0.5, 0.6) is 0 Å². The molecule has 0 aliphatic heterocycles. The van der Waals surface area contributed by atoms with Crippen LogP contribution in [-0.4, -0.2) is 10.9 Å². The fraction of sp³-hybridized carbons (Fsp3) is 0. The maximum Gasteiger partial charge on any atom is 0.255 e. The largest absolute Gasteiger partial charge is 0.322 e. The number of para-hydroxylation sites is 1. The Balaban J connectivity index is 1.87. The summed E-state index contributed by atoms with van der Waals surface area (Å²) in [5, 5.41) is 2.86. The molecule has 88 valence electrons. The average Bonchev–Trinajstić information content (AvgIpc) is 2.87. The maximum absolute atomic E-state index is 12.1. The number of carbonyl (C=O) groups is 1. The van der Waals surface area contributed by atoms with E-state index < -0.39 is 0 Å². The second-order valence-electron chi connectivity index (χ2n) is 3.86. The van der Waals surface area contributed by atoms with Crippen LogP contribution in [0.1, 0.15) is 10.4 Å². The van der Waals surface area contributed by atoms with Crippen LogP contribution >= 0.6 is 11.3 Å². The molecule has 0 fully saturated rings. The molecule has 0 radical (unpaired) electrons. The Kier molecular flexibility index (Phi) is 2.78. The first-order valence-corrected chi connectivity index (χ1v) is 6.40. The van der Waals surface area contributed by atoms with Crippen molar-refractivity contribution in [3.63, 3.8) is 0 Å². The summed E-state index contributed by atoms with van der Waals surface area (Å²) < 4.78 is 1.02. The van der Waals surface area contributed by atoms with Gasteiger partial charge < -0.3 is 5.32 Å². The smallest absolute Gasteiger partial charge is 0.255 e. The van der Waals surface area contributed by atoms with Crippen LogP contribution in [-0.2, 0) is 0 Å². The van der Waals surface area contributed by atoms with Crippen molar-refractivity contribution >= 4 is 33.1 Å². The molecule has 3 nitrogen and oxygen atoms in total. The predicted octanol–water partition coefficient (Wildman–Crippen LogP) is 3.55. The number of rotatable bonds is 2. The molecule has 18 heavy (non-hydrogen) atoms. The van der Waals surface area contributed by atoms with Gasteiger partial charge in [0.1, 0.15) is 0 Å². The summed E-state index contributed by atoms with van der Waals surface area (Å²) in [7, 11) is 0. The number of amides is 1. The molecular formula is C14H10N2OS. The highest BCUT2D eigenvalue weighted by Crippen LogP contribution is 2.19. The molecule has 1 aromatic heterocycles. The molecule has 3 aromatic rings. The lowest BCUT2D eigenvalue weighted by Gasteiger charge is -2.04. The molecule has 1 amide bonds. The molecule has 1 heterocycles. The molecule has 1 N–H and O–H groups in total. The number of nitrogens with zero attached hydrogens (tertiary/aromatic N) is 1. The standard InChI is InChI=1S/C14H10N2OS/c17-14(16-11-4-2-1-3-5-11)10-6-7-12-13(8-10)18-9-15-12/h1-9H,(H,16,17). The molecule has 0 aliphatic rings. The first-order chi connectivity index (χ1) is 8.83. The second-order valence-corrected chi connectivity index (χ2v) is 4.74. The predicted molar refractivity (Wildman–Crippen MR) is 74.0 cm³/mol. The number of hydrogen-bond donors (Lipinski definition) is 1. The van der Waals surface area contributed by atoms with E-state index in [0.717, 1.165) is 15.9 Å². The van der Waals surface area contributed by atoms with Gasteiger partial charge in [-0.3, -0.25) is 4.79 Å². The zero-order valence-electron chi connectivity index (χ0n) is 9.46. The number of fused-ring (bicyclic) bond motifs is 1. The van der Waals surface area contributed by atoms with Crippen molar-refractivity contribution in [2.75, 3.05) is 5.32 Å². The SMILES string of the molecule is O=C(Nc1ccccc1)c1ccc2ncsc2c1. The molecule has 0 bridgehead atoms. The van der Waals surface area contributed by atoms with Gasteiger partial charge in [0.05, 0.1) is 15.7 Å². The van der Waals surface area contributed by atoms with Crippen molar-refractivity contribution in [1.82, 2.24) is 4.98 Å². The van der Waals surface area contributed by atoms with Crippen molar-refractivity contribution < 1.29 is 4.79 Å². The van der Waals surface area contributed by atoms with E-state index in [4.69, 9.17) is 0 Å². The first-order valence-electron chi connectivity index (χ1n) is 5.52. The van der Waals surface area contributed by atoms with Crippen LogP contribution in [0.2, 0.25) is 0 Å². The second kappa shape index (κ2) is 4.58. The van der Waals surface area contributed by atoms with Crippen LogP contribution in [0.15, 0.2) is 54.0 Å². The lowest BCUT2D eigenvalue weighted by molar-refractivity contribution is 0.102. The molecule has 3 rings (SSSR count). The Hall–Kier alpha value is -2.20. The summed E-state index contributed by atoms with van der Waals surface area (Å²) in [5.41, 5.74) is 4.16. The number of aromatic nitrogens is 1. The third kappa shape index (κ3) is 2.10. The Labute approximate surface area is 108 Å². The topological polar surface area (TPSA) is 42.0 Å². The van der Waals surface area contributed by atoms with Gasteiger partial charge in [0, 0.05) is 11.3 Å². The molecule has 0 spiro atoms. The van der Waals surface area contributed by atoms with Crippen molar-refractivity contribution in [2.45, 2.75) is 0 Å². The lowest BCUT2D eigenvalue weighted by atomic mass is 10.2. The first kappa shape index (κ1) is 10.9. The van der Waals surface area contributed by atoms with Crippen molar-refractivity contribution in [2.24, 2.45) is 0 Å². The quantitative estimate of drug-likeness (QED) is 0.760. The minimum Gasteiger partial charge on any atom is -0.322 e. The molecule has 0 aliphatic carbocycles. The van der Waals surface area contributed by atoms with E-state index in [1.165, 1.54) is 11.3 Å². The minimum atomic E-state index is -0.100. The van der Waals surface area contributed by atoms with Gasteiger partial charge in [0.15, 0.2) is 0 Å². The van der Waals surface area contributed by atoms with Gasteiger partial charge in [-0.05, 0) is 30.3 Å². The summed E-state index contributed by atoms with van der Waals surface area (Å²) in [5.74, 6) is -0.100. The number of benzene rings is 2. The monoisotopic (exact) mass is 254 g/mol. The minimum absolute atomic E-state index is 0.100. The summed E-state index contributed by atoms with van der Waals surface area (Å²) in [6.07, 6.45) is 0. The molecule has 0 saturated carbocycles. The molecular weight excluding hydrogens is 244 g/mol. The fourth-order valence-electron chi connectivity index (χ4n) is 1.72. The van der Waals surface area contributed by atoms with Crippen molar-refractivity contribution in [3.8, 4) is 0 Å². The van der Waals surface area contributed by atoms with E-state index in [-0.39, 0.29) is 5.91 Å². The van der Waals surface area contributed by atoms with Crippen molar-refractivity contribution in [1.29, 1.82) is 0 Å². The van der Waals surface area contributed by atoms with Gasteiger partial charge in [-0.2, -0.15) is 0 Å². The molecule has 4 heteroatoms. The number of nitrogens with one attached hydrogen (secondary N) is 1. The molecule has 2 aromatic carbocycles. The number of thiazole rings is 1. The van der Waals surface area contributed by atoms with E-state index in [9.17, 15) is 4.79 Å². The van der Waals surface area contributed by atoms with E-state index >= 15 is 0 Å². The highest BCUT2D eigenvalue weighted by Gasteiger charge is 2.07. The van der Waals surface area contributed by atoms with Gasteiger partial charge in [0.25, 0.3) is 5.91 Å². The summed E-state index contributed by atoms with van der Waals surface area (Å²) in [6, 6.07) is 15.0. The van der Waals surface area contributed by atoms with Gasteiger partial charge >= 0.3 is 0 Å². The van der Waals surface area contributed by atoms with Gasteiger partial charge in [-0.25, -0.2) is 4.98 Å². The Morgan fingerprint density at radius 1 is 1.11 bits per heavy atom. The lowest BCUT2D eigenvalue weighted by Crippen LogP contribution is -2.11. The average molecular weight is 254 g/mol. The summed E-state index contributed by atoms with van der Waals surface area (Å²) >= 11 is 1.53. The van der Waals surface area contributed by atoms with E-state index in [0.29, 0.717) is 5.56 Å². The van der Waals surface area contributed by atoms with Crippen LogP contribution < -0.4 is 5.32 Å². The zero-order valence-corrected chi connectivity index (χ0v) is 10.3. The fourth-order valence-corrected chi connectivity index (χ4v) is 2.44. The van der Waals surface area contributed by atoms with E-state index in [2.05, 4.69) is 10.3 Å². The Bertz CT molecular complexity index is 691. The molecule has 0 unspecified atom stereocenters. The van der Waals surface area contributed by atoms with Crippen LogP contribution in [0.25, 0.3) is 10.2 Å². The van der Waals surface area contributed by atoms with Gasteiger partial charge in [0.2, 0.25) is 0 Å². The highest BCUT2D eigenvalue weighted by molar-refractivity contribution is 7.16. The van der Waals surface area contributed by atoms with Crippen LogP contribution in [0, 0.1) is 0 Å². The third-order valence-electron chi connectivity index (χ3n) is 2.63. The zero-order chi connectivity index (χ0) is 12.4. The van der Waals surface area contributed by atoms with Crippen LogP contribution in [0.3, 0.4) is 0 Å². The highest BCUT2D eigenvalue weighted by atomic mass is 32.1.